The zero-order valence-electron chi connectivity index (χ0n) is 16.2. The third kappa shape index (κ3) is 5.19. The second kappa shape index (κ2) is 8.43. The SMILES string of the molecule is CC(COc1ccccc1C(F)(F)F)N1CCC(C)(Oc2ccccc2)CC1. The van der Waals surface area contributed by atoms with E-state index in [-0.39, 0.29) is 24.0 Å². The lowest BCUT2D eigenvalue weighted by atomic mass is 9.92. The van der Waals surface area contributed by atoms with Crippen LogP contribution in [0.15, 0.2) is 54.6 Å². The van der Waals surface area contributed by atoms with Crippen molar-refractivity contribution in [1.29, 1.82) is 0 Å². The lowest BCUT2D eigenvalue weighted by Crippen LogP contribution is -2.50. The predicted octanol–water partition coefficient (Wildman–Crippen LogP) is 5.41. The molecule has 152 valence electrons. The van der Waals surface area contributed by atoms with E-state index in [9.17, 15) is 13.2 Å². The second-order valence-corrected chi connectivity index (χ2v) is 7.55. The van der Waals surface area contributed by atoms with E-state index in [0.29, 0.717) is 0 Å². The molecule has 0 spiro atoms. The molecule has 6 heteroatoms. The molecule has 28 heavy (non-hydrogen) atoms. The maximum absolute atomic E-state index is 13.1. The topological polar surface area (TPSA) is 21.7 Å². The first-order valence-corrected chi connectivity index (χ1v) is 9.54. The highest BCUT2D eigenvalue weighted by molar-refractivity contribution is 5.35. The van der Waals surface area contributed by atoms with Gasteiger partial charge in [0.2, 0.25) is 0 Å². The van der Waals surface area contributed by atoms with Crippen molar-refractivity contribution < 1.29 is 22.6 Å². The fourth-order valence-corrected chi connectivity index (χ4v) is 3.46. The van der Waals surface area contributed by atoms with E-state index >= 15 is 0 Å². The Morgan fingerprint density at radius 2 is 1.61 bits per heavy atom. The van der Waals surface area contributed by atoms with Gasteiger partial charge >= 0.3 is 6.18 Å². The zero-order chi connectivity index (χ0) is 20.2. The molecule has 0 aliphatic carbocycles. The second-order valence-electron chi connectivity index (χ2n) is 7.55. The van der Waals surface area contributed by atoms with Crippen LogP contribution in [-0.2, 0) is 6.18 Å². The number of alkyl halides is 3. The van der Waals surface area contributed by atoms with Gasteiger partial charge in [-0.05, 0) is 51.0 Å². The van der Waals surface area contributed by atoms with Gasteiger partial charge < -0.3 is 9.47 Å². The summed E-state index contributed by atoms with van der Waals surface area (Å²) in [7, 11) is 0. The first-order valence-electron chi connectivity index (χ1n) is 9.54. The molecule has 1 saturated heterocycles. The summed E-state index contributed by atoms with van der Waals surface area (Å²) >= 11 is 0. The molecule has 0 amide bonds. The molecule has 1 atom stereocenters. The van der Waals surface area contributed by atoms with Crippen LogP contribution in [0.1, 0.15) is 32.3 Å². The molecule has 3 nitrogen and oxygen atoms in total. The molecule has 2 aromatic carbocycles. The Morgan fingerprint density at radius 3 is 2.25 bits per heavy atom. The molecule has 1 unspecified atom stereocenters. The minimum atomic E-state index is -4.42. The number of likely N-dealkylation sites (tertiary alicyclic amines) is 1. The molecule has 0 bridgehead atoms. The maximum Gasteiger partial charge on any atom is 0.419 e. The average Bonchev–Trinajstić information content (AvgIpc) is 2.67. The van der Waals surface area contributed by atoms with Gasteiger partial charge in [-0.1, -0.05) is 30.3 Å². The summed E-state index contributed by atoms with van der Waals surface area (Å²) in [5.74, 6) is 0.745. The number of benzene rings is 2. The minimum absolute atomic E-state index is 0.0163. The van der Waals surface area contributed by atoms with Crippen LogP contribution < -0.4 is 9.47 Å². The van der Waals surface area contributed by atoms with Gasteiger partial charge in [0.25, 0.3) is 0 Å². The van der Waals surface area contributed by atoms with Gasteiger partial charge in [-0.3, -0.25) is 4.90 Å². The Balaban J connectivity index is 1.53. The molecule has 1 aliphatic heterocycles. The van der Waals surface area contributed by atoms with Crippen molar-refractivity contribution in [2.75, 3.05) is 19.7 Å². The van der Waals surface area contributed by atoms with E-state index in [4.69, 9.17) is 9.47 Å². The molecular weight excluding hydrogens is 367 g/mol. The third-order valence-electron chi connectivity index (χ3n) is 5.26. The summed E-state index contributed by atoms with van der Waals surface area (Å²) < 4.78 is 51.0. The van der Waals surface area contributed by atoms with Gasteiger partial charge in [-0.15, -0.1) is 0 Å². The van der Waals surface area contributed by atoms with Crippen molar-refractivity contribution >= 4 is 0 Å². The molecule has 0 saturated carbocycles. The van der Waals surface area contributed by atoms with Crippen molar-refractivity contribution in [1.82, 2.24) is 4.90 Å². The van der Waals surface area contributed by atoms with Crippen molar-refractivity contribution in [3.63, 3.8) is 0 Å². The number of hydrogen-bond acceptors (Lipinski definition) is 3. The third-order valence-corrected chi connectivity index (χ3v) is 5.26. The molecular formula is C22H26F3NO2. The quantitative estimate of drug-likeness (QED) is 0.655. The van der Waals surface area contributed by atoms with Crippen LogP contribution in [0.5, 0.6) is 11.5 Å². The summed E-state index contributed by atoms with van der Waals surface area (Å²) in [5.41, 5.74) is -0.967. The molecule has 0 radical (unpaired) electrons. The predicted molar refractivity (Wildman–Crippen MR) is 103 cm³/mol. The average molecular weight is 393 g/mol. The molecule has 1 heterocycles. The highest BCUT2D eigenvalue weighted by Gasteiger charge is 2.35. The van der Waals surface area contributed by atoms with Crippen LogP contribution in [0.2, 0.25) is 0 Å². The Kier molecular flexibility index (Phi) is 6.18. The smallest absolute Gasteiger partial charge is 0.419 e. The standard InChI is InChI=1S/C22H26F3NO2/c1-17(16-27-20-11-7-6-10-19(20)22(23,24)25)26-14-12-21(2,13-15-26)28-18-8-4-3-5-9-18/h3-11,17H,12-16H2,1-2H3. The van der Waals surface area contributed by atoms with Crippen molar-refractivity contribution in [3.8, 4) is 11.5 Å². The Bertz CT molecular complexity index is 756. The van der Waals surface area contributed by atoms with E-state index in [1.165, 1.54) is 12.1 Å². The van der Waals surface area contributed by atoms with Crippen LogP contribution in [0.25, 0.3) is 0 Å². The Hall–Kier alpha value is -2.21. The van der Waals surface area contributed by atoms with Gasteiger partial charge in [0.15, 0.2) is 0 Å². The minimum Gasteiger partial charge on any atom is -0.491 e. The van der Waals surface area contributed by atoms with Gasteiger partial charge in [-0.2, -0.15) is 13.2 Å². The molecule has 0 N–H and O–H groups in total. The Morgan fingerprint density at radius 1 is 1.00 bits per heavy atom. The number of halogens is 3. The number of piperidine rings is 1. The van der Waals surface area contributed by atoms with Crippen molar-refractivity contribution in [2.24, 2.45) is 0 Å². The van der Waals surface area contributed by atoms with Crippen LogP contribution >= 0.6 is 0 Å². The van der Waals surface area contributed by atoms with Gasteiger partial charge in [0, 0.05) is 19.1 Å². The van der Waals surface area contributed by atoms with Crippen LogP contribution in [-0.4, -0.2) is 36.2 Å². The van der Waals surface area contributed by atoms with E-state index in [0.717, 1.165) is 37.7 Å². The maximum atomic E-state index is 13.1. The summed E-state index contributed by atoms with van der Waals surface area (Å²) in [5, 5.41) is 0. The van der Waals surface area contributed by atoms with Crippen LogP contribution in [0.3, 0.4) is 0 Å². The van der Waals surface area contributed by atoms with E-state index in [2.05, 4.69) is 11.8 Å². The molecule has 0 aromatic heterocycles. The molecule has 3 rings (SSSR count). The number of hydrogen-bond donors (Lipinski definition) is 0. The zero-order valence-corrected chi connectivity index (χ0v) is 16.2. The number of para-hydroxylation sites is 2. The summed E-state index contributed by atoms with van der Waals surface area (Å²) in [4.78, 5) is 2.24. The van der Waals surface area contributed by atoms with E-state index in [1.807, 2.05) is 37.3 Å². The molecule has 1 aliphatic rings. The van der Waals surface area contributed by atoms with Gasteiger partial charge in [0.05, 0.1) is 5.56 Å². The van der Waals surface area contributed by atoms with Crippen molar-refractivity contribution in [2.45, 2.75) is 44.5 Å². The highest BCUT2D eigenvalue weighted by Crippen LogP contribution is 2.36. The first-order chi connectivity index (χ1) is 13.3. The summed E-state index contributed by atoms with van der Waals surface area (Å²) in [6.07, 6.45) is -2.71. The normalized spacial score (nSPS) is 18.5. The van der Waals surface area contributed by atoms with Crippen molar-refractivity contribution in [3.05, 3.63) is 60.2 Å². The number of nitrogens with zero attached hydrogens (tertiary/aromatic N) is 1. The fourth-order valence-electron chi connectivity index (χ4n) is 3.46. The van der Waals surface area contributed by atoms with Gasteiger partial charge in [0.1, 0.15) is 23.7 Å². The monoisotopic (exact) mass is 393 g/mol. The van der Waals surface area contributed by atoms with E-state index < -0.39 is 11.7 Å². The first kappa shape index (κ1) is 20.5. The summed E-state index contributed by atoms with van der Waals surface area (Å²) in [6, 6.07) is 15.1. The van der Waals surface area contributed by atoms with Gasteiger partial charge in [-0.25, -0.2) is 0 Å². The summed E-state index contributed by atoms with van der Waals surface area (Å²) in [6.45, 7) is 5.93. The highest BCUT2D eigenvalue weighted by atomic mass is 19.4. The molecule has 2 aromatic rings. The largest absolute Gasteiger partial charge is 0.491 e. The Labute approximate surface area is 164 Å². The van der Waals surface area contributed by atoms with E-state index in [1.54, 1.807) is 6.07 Å². The van der Waals surface area contributed by atoms with Crippen LogP contribution in [0.4, 0.5) is 13.2 Å². The number of rotatable bonds is 6. The lowest BCUT2D eigenvalue weighted by Gasteiger charge is -2.41. The fraction of sp³-hybridized carbons (Fsp3) is 0.455. The lowest BCUT2D eigenvalue weighted by molar-refractivity contribution is -0.139. The molecule has 1 fully saturated rings. The van der Waals surface area contributed by atoms with Crippen LogP contribution in [0, 0.1) is 0 Å². The number of ether oxygens (including phenoxy) is 2.